The largest absolute Gasteiger partial charge is 0.481 e. The van der Waals surface area contributed by atoms with Gasteiger partial charge in [0.1, 0.15) is 0 Å². The second-order valence-electron chi connectivity index (χ2n) is 8.43. The minimum atomic E-state index is -0.760. The number of piperidine rings is 1. The molecule has 1 saturated carbocycles. The van der Waals surface area contributed by atoms with Crippen LogP contribution < -0.4 is 5.32 Å². The van der Waals surface area contributed by atoms with Crippen molar-refractivity contribution in [3.63, 3.8) is 0 Å². The Kier molecular flexibility index (Phi) is 5.39. The summed E-state index contributed by atoms with van der Waals surface area (Å²) in [6.45, 7) is 1.19. The van der Waals surface area contributed by atoms with Gasteiger partial charge in [0.05, 0.1) is 11.8 Å². The summed E-state index contributed by atoms with van der Waals surface area (Å²) in [4.78, 5) is 49.6. The number of carbonyl (C=O) groups is 4. The van der Waals surface area contributed by atoms with Crippen LogP contribution >= 0.6 is 0 Å². The Morgan fingerprint density at radius 3 is 2.38 bits per heavy atom. The molecular weight excluding hydrogens is 372 g/mol. The highest BCUT2D eigenvalue weighted by atomic mass is 16.4. The number of benzene rings is 1. The highest BCUT2D eigenvalue weighted by Crippen LogP contribution is 2.33. The lowest BCUT2D eigenvalue weighted by molar-refractivity contribution is -0.146. The summed E-state index contributed by atoms with van der Waals surface area (Å²) in [7, 11) is 0. The molecule has 2 aliphatic heterocycles. The molecule has 154 valence electrons. The zero-order chi connectivity index (χ0) is 20.5. The van der Waals surface area contributed by atoms with Crippen LogP contribution in [-0.2, 0) is 32.1 Å². The Hall–Kier alpha value is -2.70. The van der Waals surface area contributed by atoms with Crippen LogP contribution in [-0.4, -0.2) is 40.2 Å². The fraction of sp³-hybridized carbons (Fsp3) is 0.545. The van der Waals surface area contributed by atoms with Gasteiger partial charge in [-0.1, -0.05) is 18.2 Å². The van der Waals surface area contributed by atoms with E-state index in [4.69, 9.17) is 5.11 Å². The number of hydrogen-bond acceptors (Lipinski definition) is 4. The van der Waals surface area contributed by atoms with E-state index in [0.29, 0.717) is 51.6 Å². The molecule has 29 heavy (non-hydrogen) atoms. The Morgan fingerprint density at radius 2 is 1.69 bits per heavy atom. The van der Waals surface area contributed by atoms with Crippen LogP contribution in [0.15, 0.2) is 18.2 Å². The first-order valence-corrected chi connectivity index (χ1v) is 10.4. The standard InChI is InChI=1S/C22H26N2O5/c25-19-8-7-18(20(26)23-19)16-6-1-13-9-10-24(12-17(13)11-16)21(27)14-2-4-15(5-3-14)22(28)29/h1,6,11,14-15,18H,2-5,7-10,12H2,(H,28,29)(H,23,25,26). The van der Waals surface area contributed by atoms with Gasteiger partial charge in [-0.2, -0.15) is 0 Å². The zero-order valence-electron chi connectivity index (χ0n) is 16.4. The average molecular weight is 398 g/mol. The second kappa shape index (κ2) is 7.97. The Balaban J connectivity index is 1.44. The fourth-order valence-electron chi connectivity index (χ4n) is 4.84. The molecule has 4 rings (SSSR count). The molecule has 0 aromatic heterocycles. The first-order valence-electron chi connectivity index (χ1n) is 10.4. The number of nitrogens with zero attached hydrogens (tertiary/aromatic N) is 1. The monoisotopic (exact) mass is 398 g/mol. The topological polar surface area (TPSA) is 104 Å². The van der Waals surface area contributed by atoms with E-state index in [-0.39, 0.29) is 35.5 Å². The third-order valence-electron chi connectivity index (χ3n) is 6.62. The molecule has 7 heteroatoms. The maximum atomic E-state index is 13.0. The van der Waals surface area contributed by atoms with Crippen LogP contribution in [0.25, 0.3) is 0 Å². The van der Waals surface area contributed by atoms with Crippen molar-refractivity contribution in [2.24, 2.45) is 11.8 Å². The van der Waals surface area contributed by atoms with Crippen molar-refractivity contribution < 1.29 is 24.3 Å². The molecule has 0 spiro atoms. The smallest absolute Gasteiger partial charge is 0.306 e. The van der Waals surface area contributed by atoms with E-state index in [1.807, 2.05) is 23.1 Å². The van der Waals surface area contributed by atoms with Crippen LogP contribution in [0.5, 0.6) is 0 Å². The van der Waals surface area contributed by atoms with Gasteiger partial charge in [0.15, 0.2) is 0 Å². The molecule has 2 N–H and O–H groups in total. The summed E-state index contributed by atoms with van der Waals surface area (Å²) in [5.41, 5.74) is 3.15. The van der Waals surface area contributed by atoms with E-state index >= 15 is 0 Å². The van der Waals surface area contributed by atoms with Gasteiger partial charge < -0.3 is 10.0 Å². The van der Waals surface area contributed by atoms with E-state index in [1.165, 1.54) is 5.56 Å². The number of imide groups is 1. The third kappa shape index (κ3) is 4.04. The first kappa shape index (κ1) is 19.6. The number of nitrogens with one attached hydrogen (secondary N) is 1. The highest BCUT2D eigenvalue weighted by molar-refractivity contribution is 6.00. The van der Waals surface area contributed by atoms with Crippen LogP contribution in [0.2, 0.25) is 0 Å². The van der Waals surface area contributed by atoms with Crippen LogP contribution in [0, 0.1) is 11.8 Å². The van der Waals surface area contributed by atoms with E-state index in [1.54, 1.807) is 0 Å². The lowest BCUT2D eigenvalue weighted by Crippen LogP contribution is -2.41. The number of rotatable bonds is 3. The summed E-state index contributed by atoms with van der Waals surface area (Å²) in [5.74, 6) is -1.86. The molecule has 3 amide bonds. The first-order chi connectivity index (χ1) is 13.9. The maximum Gasteiger partial charge on any atom is 0.306 e. The van der Waals surface area contributed by atoms with Crippen molar-refractivity contribution in [3.8, 4) is 0 Å². The van der Waals surface area contributed by atoms with Crippen LogP contribution in [0.4, 0.5) is 0 Å². The van der Waals surface area contributed by atoms with Crippen molar-refractivity contribution in [1.82, 2.24) is 10.2 Å². The Labute approximate surface area is 169 Å². The van der Waals surface area contributed by atoms with E-state index < -0.39 is 5.97 Å². The normalized spacial score (nSPS) is 27.2. The van der Waals surface area contributed by atoms with E-state index in [9.17, 15) is 19.2 Å². The Bertz CT molecular complexity index is 857. The van der Waals surface area contributed by atoms with Gasteiger partial charge in [-0.25, -0.2) is 0 Å². The van der Waals surface area contributed by atoms with Gasteiger partial charge >= 0.3 is 5.97 Å². The number of carboxylic acid groups (broad SMARTS) is 1. The summed E-state index contributed by atoms with van der Waals surface area (Å²) < 4.78 is 0. The summed E-state index contributed by atoms with van der Waals surface area (Å²) in [5, 5.41) is 11.6. The number of fused-ring (bicyclic) bond motifs is 1. The fourth-order valence-corrected chi connectivity index (χ4v) is 4.84. The van der Waals surface area contributed by atoms with Crippen molar-refractivity contribution in [2.75, 3.05) is 6.54 Å². The molecule has 0 radical (unpaired) electrons. The number of carboxylic acids is 1. The van der Waals surface area contributed by atoms with Gasteiger partial charge in [-0.15, -0.1) is 0 Å². The SMILES string of the molecule is O=C1CCC(c2ccc3c(c2)CN(C(=O)C2CCC(C(=O)O)CC2)CC3)C(=O)N1. The van der Waals surface area contributed by atoms with Crippen LogP contribution in [0.1, 0.15) is 61.1 Å². The predicted octanol–water partition coefficient (Wildman–Crippen LogP) is 1.98. The van der Waals surface area contributed by atoms with Crippen molar-refractivity contribution >= 4 is 23.7 Å². The number of hydrogen-bond donors (Lipinski definition) is 2. The van der Waals surface area contributed by atoms with E-state index in [2.05, 4.69) is 5.32 Å². The number of amides is 3. The van der Waals surface area contributed by atoms with Crippen molar-refractivity contribution in [2.45, 2.75) is 57.4 Å². The van der Waals surface area contributed by atoms with Crippen molar-refractivity contribution in [3.05, 3.63) is 34.9 Å². The molecule has 0 bridgehead atoms. The number of carbonyl (C=O) groups excluding carboxylic acids is 3. The minimum absolute atomic E-state index is 0.0922. The van der Waals surface area contributed by atoms with Gasteiger partial charge in [0.2, 0.25) is 17.7 Å². The summed E-state index contributed by atoms with van der Waals surface area (Å²) >= 11 is 0. The predicted molar refractivity (Wildman–Crippen MR) is 104 cm³/mol. The van der Waals surface area contributed by atoms with Gasteiger partial charge in [0, 0.05) is 25.4 Å². The summed E-state index contributed by atoms with van der Waals surface area (Å²) in [6.07, 6.45) is 4.04. The molecule has 1 aromatic carbocycles. The quantitative estimate of drug-likeness (QED) is 0.758. The lowest BCUT2D eigenvalue weighted by Gasteiger charge is -2.34. The zero-order valence-corrected chi connectivity index (χ0v) is 16.4. The molecule has 1 saturated heterocycles. The number of aliphatic carboxylic acids is 1. The minimum Gasteiger partial charge on any atom is -0.481 e. The van der Waals surface area contributed by atoms with Crippen LogP contribution in [0.3, 0.4) is 0 Å². The summed E-state index contributed by atoms with van der Waals surface area (Å²) in [6, 6.07) is 6.01. The molecule has 1 atom stereocenters. The molecule has 1 aromatic rings. The van der Waals surface area contributed by atoms with Crippen molar-refractivity contribution in [1.29, 1.82) is 0 Å². The Morgan fingerprint density at radius 1 is 0.966 bits per heavy atom. The second-order valence-corrected chi connectivity index (χ2v) is 8.43. The lowest BCUT2D eigenvalue weighted by atomic mass is 9.81. The molecule has 1 aliphatic carbocycles. The molecule has 2 heterocycles. The molecule has 2 fully saturated rings. The molecule has 1 unspecified atom stereocenters. The molecular formula is C22H26N2O5. The van der Waals surface area contributed by atoms with Gasteiger partial charge in [-0.05, 0) is 55.2 Å². The highest BCUT2D eigenvalue weighted by Gasteiger charge is 2.34. The third-order valence-corrected chi connectivity index (χ3v) is 6.62. The molecule has 7 nitrogen and oxygen atoms in total. The van der Waals surface area contributed by atoms with Gasteiger partial charge in [-0.3, -0.25) is 24.5 Å². The van der Waals surface area contributed by atoms with Gasteiger partial charge in [0.25, 0.3) is 0 Å². The molecule has 3 aliphatic rings. The van der Waals surface area contributed by atoms with E-state index in [0.717, 1.165) is 17.5 Å². The average Bonchev–Trinajstić information content (AvgIpc) is 2.72. The maximum absolute atomic E-state index is 13.0.